The molecule has 0 aliphatic rings. The molecule has 0 radical (unpaired) electrons. The Kier molecular flexibility index (Phi) is 7.45. The van der Waals surface area contributed by atoms with E-state index in [2.05, 4.69) is 44.4 Å². The molecular weight excluding hydrogens is 471 g/mol. The number of halogens is 1. The monoisotopic (exact) mass is 502 g/mol. The summed E-state index contributed by atoms with van der Waals surface area (Å²) in [6, 6.07) is 10.7. The van der Waals surface area contributed by atoms with Crippen LogP contribution in [0.4, 0.5) is 10.2 Å². The minimum Gasteiger partial charge on any atom is -0.384 e. The van der Waals surface area contributed by atoms with Crippen molar-refractivity contribution in [3.63, 3.8) is 0 Å². The molecule has 8 nitrogen and oxygen atoms in total. The van der Waals surface area contributed by atoms with Gasteiger partial charge in [0.15, 0.2) is 0 Å². The molecule has 2 atom stereocenters. The van der Waals surface area contributed by atoms with Crippen LogP contribution < -0.4 is 10.6 Å². The van der Waals surface area contributed by atoms with Crippen molar-refractivity contribution in [2.75, 3.05) is 18.9 Å². The molecule has 0 aliphatic carbocycles. The van der Waals surface area contributed by atoms with Crippen molar-refractivity contribution in [3.8, 4) is 11.3 Å². The normalized spacial score (nSPS) is 13.3. The smallest absolute Gasteiger partial charge is 0.251 e. The lowest BCUT2D eigenvalue weighted by molar-refractivity contribution is 0.0695. The zero-order chi connectivity index (χ0) is 26.7. The summed E-state index contributed by atoms with van der Waals surface area (Å²) in [5.74, 6) is 0.200. The van der Waals surface area contributed by atoms with Gasteiger partial charge in [0, 0.05) is 43.0 Å². The molecule has 0 spiro atoms. The van der Waals surface area contributed by atoms with Crippen molar-refractivity contribution in [1.82, 2.24) is 25.3 Å². The number of amides is 1. The lowest BCUT2D eigenvalue weighted by Gasteiger charge is -2.22. The SMILES string of the molecule is CNC(=O)c1ccnc2c(C(C)[C@H](C)CNc3cc(-c4cnc(C(C)(C)O)c(F)c4)ncn3)cccc12. The highest BCUT2D eigenvalue weighted by Crippen LogP contribution is 2.31. The zero-order valence-corrected chi connectivity index (χ0v) is 21.6. The van der Waals surface area contributed by atoms with Crippen molar-refractivity contribution in [1.29, 1.82) is 0 Å². The molecule has 3 aromatic heterocycles. The highest BCUT2D eigenvalue weighted by atomic mass is 19.1. The number of aliphatic hydroxyl groups is 1. The molecule has 0 fully saturated rings. The standard InChI is InChI=1S/C28H31FN6O2/c1-16(17(2)19-7-6-8-20-21(27(36)30-5)9-10-31-25(19)20)13-32-24-12-23(34-15-35-24)18-11-22(29)26(33-14-18)28(3,4)37/h6-12,14-17,37H,13H2,1-5H3,(H,30,36)(H,32,34,35)/t16-,17?/m1/s1. The Morgan fingerprint density at radius 1 is 1.11 bits per heavy atom. The second kappa shape index (κ2) is 10.6. The van der Waals surface area contributed by atoms with Gasteiger partial charge >= 0.3 is 0 Å². The fourth-order valence-electron chi connectivity index (χ4n) is 4.29. The van der Waals surface area contributed by atoms with Crippen LogP contribution in [-0.2, 0) is 5.60 Å². The summed E-state index contributed by atoms with van der Waals surface area (Å²) in [5, 5.41) is 16.9. The fraction of sp³-hybridized carbons (Fsp3) is 0.321. The molecule has 0 bridgehead atoms. The predicted octanol–water partition coefficient (Wildman–Crippen LogP) is 4.66. The van der Waals surface area contributed by atoms with Crippen LogP contribution in [-0.4, -0.2) is 44.5 Å². The average molecular weight is 503 g/mol. The van der Waals surface area contributed by atoms with Crippen molar-refractivity contribution in [2.24, 2.45) is 5.92 Å². The molecule has 0 saturated carbocycles. The van der Waals surface area contributed by atoms with E-state index in [1.165, 1.54) is 32.4 Å². The average Bonchev–Trinajstić information content (AvgIpc) is 2.89. The molecule has 3 heterocycles. The minimum absolute atomic E-state index is 0.0168. The van der Waals surface area contributed by atoms with Crippen LogP contribution in [0, 0.1) is 11.7 Å². The Labute approximate surface area is 215 Å². The maximum Gasteiger partial charge on any atom is 0.251 e. The third-order valence-electron chi connectivity index (χ3n) is 6.61. The fourth-order valence-corrected chi connectivity index (χ4v) is 4.29. The summed E-state index contributed by atoms with van der Waals surface area (Å²) in [6.07, 6.45) is 4.58. The van der Waals surface area contributed by atoms with Crippen LogP contribution >= 0.6 is 0 Å². The van der Waals surface area contributed by atoms with E-state index >= 15 is 0 Å². The van der Waals surface area contributed by atoms with Gasteiger partial charge in [-0.05, 0) is 43.4 Å². The van der Waals surface area contributed by atoms with Gasteiger partial charge < -0.3 is 15.7 Å². The summed E-state index contributed by atoms with van der Waals surface area (Å²) >= 11 is 0. The molecule has 1 aromatic carbocycles. The summed E-state index contributed by atoms with van der Waals surface area (Å²) in [6.45, 7) is 7.87. The van der Waals surface area contributed by atoms with Crippen molar-refractivity contribution in [2.45, 2.75) is 39.2 Å². The molecule has 0 aliphatic heterocycles. The van der Waals surface area contributed by atoms with Gasteiger partial charge in [-0.2, -0.15) is 0 Å². The summed E-state index contributed by atoms with van der Waals surface area (Å²) in [5.41, 5.74) is 2.10. The van der Waals surface area contributed by atoms with E-state index < -0.39 is 11.4 Å². The number of fused-ring (bicyclic) bond motifs is 1. The van der Waals surface area contributed by atoms with E-state index in [-0.39, 0.29) is 23.4 Å². The topological polar surface area (TPSA) is 113 Å². The molecule has 4 rings (SSSR count). The van der Waals surface area contributed by atoms with Gasteiger partial charge in [-0.25, -0.2) is 14.4 Å². The highest BCUT2D eigenvalue weighted by Gasteiger charge is 2.23. The number of hydrogen-bond acceptors (Lipinski definition) is 7. The highest BCUT2D eigenvalue weighted by molar-refractivity contribution is 6.06. The van der Waals surface area contributed by atoms with E-state index in [9.17, 15) is 14.3 Å². The summed E-state index contributed by atoms with van der Waals surface area (Å²) in [7, 11) is 1.62. The van der Waals surface area contributed by atoms with E-state index in [4.69, 9.17) is 0 Å². The largest absolute Gasteiger partial charge is 0.384 e. The number of pyridine rings is 2. The quantitative estimate of drug-likeness (QED) is 0.321. The van der Waals surface area contributed by atoms with Crippen LogP contribution in [0.5, 0.6) is 0 Å². The van der Waals surface area contributed by atoms with Gasteiger partial charge in [0.1, 0.15) is 29.3 Å². The lowest BCUT2D eigenvalue weighted by Crippen LogP contribution is -2.20. The number of benzene rings is 1. The Balaban J connectivity index is 1.51. The molecule has 9 heteroatoms. The number of hydrogen-bond donors (Lipinski definition) is 3. The van der Waals surface area contributed by atoms with Crippen molar-refractivity contribution in [3.05, 3.63) is 77.8 Å². The van der Waals surface area contributed by atoms with Gasteiger partial charge in [0.25, 0.3) is 5.91 Å². The van der Waals surface area contributed by atoms with Crippen LogP contribution in [0.25, 0.3) is 22.2 Å². The van der Waals surface area contributed by atoms with Crippen LogP contribution in [0.1, 0.15) is 55.2 Å². The molecule has 192 valence electrons. The summed E-state index contributed by atoms with van der Waals surface area (Å²) < 4.78 is 14.5. The number of carbonyl (C=O) groups excluding carboxylic acids is 1. The number of anilines is 1. The van der Waals surface area contributed by atoms with Crippen molar-refractivity contribution < 1.29 is 14.3 Å². The number of para-hydroxylation sites is 1. The Morgan fingerprint density at radius 3 is 2.59 bits per heavy atom. The predicted molar refractivity (Wildman–Crippen MR) is 142 cm³/mol. The number of nitrogens with zero attached hydrogens (tertiary/aromatic N) is 4. The molecule has 0 saturated heterocycles. The first kappa shape index (κ1) is 26.1. The third-order valence-corrected chi connectivity index (χ3v) is 6.61. The van der Waals surface area contributed by atoms with Gasteiger partial charge in [-0.15, -0.1) is 0 Å². The van der Waals surface area contributed by atoms with E-state index in [1.54, 1.807) is 25.4 Å². The molecule has 3 N–H and O–H groups in total. The second-order valence-electron chi connectivity index (χ2n) is 9.73. The summed E-state index contributed by atoms with van der Waals surface area (Å²) in [4.78, 5) is 29.6. The molecule has 4 aromatic rings. The Hall–Kier alpha value is -3.98. The van der Waals surface area contributed by atoms with E-state index in [0.717, 1.165) is 16.5 Å². The van der Waals surface area contributed by atoms with E-state index in [1.807, 2.05) is 18.2 Å². The number of aromatic nitrogens is 4. The lowest BCUT2D eigenvalue weighted by atomic mass is 9.87. The van der Waals surface area contributed by atoms with Crippen LogP contribution in [0.2, 0.25) is 0 Å². The Morgan fingerprint density at radius 2 is 1.89 bits per heavy atom. The van der Waals surface area contributed by atoms with Crippen LogP contribution in [0.3, 0.4) is 0 Å². The first-order valence-corrected chi connectivity index (χ1v) is 12.1. The number of carbonyl (C=O) groups is 1. The van der Waals surface area contributed by atoms with E-state index in [0.29, 0.717) is 29.2 Å². The molecule has 1 unspecified atom stereocenters. The first-order valence-electron chi connectivity index (χ1n) is 12.1. The maximum absolute atomic E-state index is 14.5. The first-order chi connectivity index (χ1) is 17.6. The van der Waals surface area contributed by atoms with Gasteiger partial charge in [0.05, 0.1) is 16.8 Å². The maximum atomic E-state index is 14.5. The number of nitrogens with one attached hydrogen (secondary N) is 2. The van der Waals surface area contributed by atoms with Gasteiger partial charge in [-0.1, -0.05) is 32.0 Å². The zero-order valence-electron chi connectivity index (χ0n) is 21.6. The molecule has 1 amide bonds. The molecular formula is C28H31FN6O2. The number of rotatable bonds is 8. The Bertz CT molecular complexity index is 1440. The van der Waals surface area contributed by atoms with Crippen LogP contribution in [0.15, 0.2) is 55.1 Å². The van der Waals surface area contributed by atoms with Gasteiger partial charge in [-0.3, -0.25) is 14.8 Å². The molecule has 37 heavy (non-hydrogen) atoms. The third kappa shape index (κ3) is 5.56. The second-order valence-corrected chi connectivity index (χ2v) is 9.73. The van der Waals surface area contributed by atoms with Crippen molar-refractivity contribution >= 4 is 22.6 Å². The minimum atomic E-state index is -1.38. The van der Waals surface area contributed by atoms with Gasteiger partial charge in [0.2, 0.25) is 0 Å².